The summed E-state index contributed by atoms with van der Waals surface area (Å²) in [5.74, 6) is -0.443. The first-order valence-corrected chi connectivity index (χ1v) is 6.27. The second kappa shape index (κ2) is 9.61. The van der Waals surface area contributed by atoms with Gasteiger partial charge in [-0.1, -0.05) is 35.4 Å². The smallest absolute Gasteiger partial charge is 0.330 e. The zero-order valence-electron chi connectivity index (χ0n) is 11.3. The average Bonchev–Trinajstić information content (AvgIpc) is 2.48. The Bertz CT molecular complexity index is 482. The summed E-state index contributed by atoms with van der Waals surface area (Å²) >= 11 is 0. The molecule has 106 valence electrons. The predicted molar refractivity (Wildman–Crippen MR) is 74.8 cm³/mol. The van der Waals surface area contributed by atoms with Crippen molar-refractivity contribution >= 4 is 5.97 Å². The second-order valence-electron chi connectivity index (χ2n) is 3.86. The van der Waals surface area contributed by atoms with Crippen molar-refractivity contribution in [2.24, 2.45) is 5.11 Å². The summed E-state index contributed by atoms with van der Waals surface area (Å²) in [5, 5.41) is 3.46. The fourth-order valence-corrected chi connectivity index (χ4v) is 1.44. The molecule has 1 rings (SSSR count). The SMILES string of the molecule is CCOC(=O)/C=C/[C@@H](CN=[N+]=[N-])OCc1ccccc1. The fraction of sp³-hybridized carbons (Fsp3) is 0.357. The van der Waals surface area contributed by atoms with Crippen molar-refractivity contribution in [1.29, 1.82) is 0 Å². The Morgan fingerprint density at radius 1 is 1.45 bits per heavy atom. The molecule has 1 aromatic carbocycles. The summed E-state index contributed by atoms with van der Waals surface area (Å²) in [6.45, 7) is 2.54. The molecule has 0 aromatic heterocycles. The lowest BCUT2D eigenvalue weighted by Gasteiger charge is -2.11. The van der Waals surface area contributed by atoms with Gasteiger partial charge in [0, 0.05) is 11.0 Å². The van der Waals surface area contributed by atoms with E-state index in [1.165, 1.54) is 12.2 Å². The summed E-state index contributed by atoms with van der Waals surface area (Å²) < 4.78 is 10.4. The van der Waals surface area contributed by atoms with Gasteiger partial charge < -0.3 is 9.47 Å². The van der Waals surface area contributed by atoms with E-state index in [-0.39, 0.29) is 6.54 Å². The lowest BCUT2D eigenvalue weighted by Crippen LogP contribution is -2.14. The third-order valence-corrected chi connectivity index (χ3v) is 2.37. The zero-order chi connectivity index (χ0) is 14.6. The van der Waals surface area contributed by atoms with Crippen LogP contribution in [0.2, 0.25) is 0 Å². The average molecular weight is 275 g/mol. The molecule has 20 heavy (non-hydrogen) atoms. The number of rotatable bonds is 8. The molecule has 1 atom stereocenters. The van der Waals surface area contributed by atoms with E-state index in [1.807, 2.05) is 30.3 Å². The standard InChI is InChI=1S/C14H17N3O3/c1-2-19-14(18)9-8-13(10-16-17-15)20-11-12-6-4-3-5-7-12/h3-9,13H,2,10-11H2,1H3/b9-8+/t13-/m0/s1. The quantitative estimate of drug-likeness (QED) is 0.240. The largest absolute Gasteiger partial charge is 0.463 e. The van der Waals surface area contributed by atoms with Crippen LogP contribution in [-0.2, 0) is 20.9 Å². The van der Waals surface area contributed by atoms with Crippen molar-refractivity contribution in [1.82, 2.24) is 0 Å². The minimum absolute atomic E-state index is 0.124. The molecule has 0 saturated carbocycles. The number of hydrogen-bond donors (Lipinski definition) is 0. The highest BCUT2D eigenvalue weighted by molar-refractivity contribution is 5.81. The third kappa shape index (κ3) is 6.58. The van der Waals surface area contributed by atoms with Crippen molar-refractivity contribution in [3.05, 3.63) is 58.5 Å². The molecule has 0 aliphatic rings. The molecule has 0 N–H and O–H groups in total. The van der Waals surface area contributed by atoms with Gasteiger partial charge in [0.1, 0.15) is 0 Å². The van der Waals surface area contributed by atoms with Crippen LogP contribution in [0.4, 0.5) is 0 Å². The molecule has 6 heteroatoms. The van der Waals surface area contributed by atoms with E-state index in [9.17, 15) is 4.79 Å². The highest BCUT2D eigenvalue weighted by Crippen LogP contribution is 2.05. The number of ether oxygens (including phenoxy) is 2. The van der Waals surface area contributed by atoms with Crippen LogP contribution in [-0.4, -0.2) is 25.2 Å². The molecule has 0 fully saturated rings. The Morgan fingerprint density at radius 3 is 2.85 bits per heavy atom. The van der Waals surface area contributed by atoms with Crippen LogP contribution in [0.1, 0.15) is 12.5 Å². The Kier molecular flexibility index (Phi) is 7.57. The topological polar surface area (TPSA) is 84.3 Å². The number of azide groups is 1. The highest BCUT2D eigenvalue weighted by Gasteiger charge is 2.05. The zero-order valence-corrected chi connectivity index (χ0v) is 11.3. The van der Waals surface area contributed by atoms with E-state index in [0.29, 0.717) is 13.2 Å². The summed E-state index contributed by atoms with van der Waals surface area (Å²) in [6.07, 6.45) is 2.36. The van der Waals surface area contributed by atoms with Crippen LogP contribution in [0, 0.1) is 0 Å². The number of carbonyl (C=O) groups is 1. The number of carbonyl (C=O) groups excluding carboxylic acids is 1. The molecule has 1 aromatic rings. The van der Waals surface area contributed by atoms with Gasteiger partial charge in [-0.2, -0.15) is 0 Å². The van der Waals surface area contributed by atoms with Gasteiger partial charge >= 0.3 is 5.97 Å². The summed E-state index contributed by atoms with van der Waals surface area (Å²) in [7, 11) is 0. The number of hydrogen-bond acceptors (Lipinski definition) is 4. The molecule has 0 unspecified atom stereocenters. The second-order valence-corrected chi connectivity index (χ2v) is 3.86. The van der Waals surface area contributed by atoms with E-state index in [0.717, 1.165) is 5.56 Å². The van der Waals surface area contributed by atoms with Gasteiger partial charge in [0.05, 0.1) is 25.9 Å². The maximum absolute atomic E-state index is 11.2. The maximum Gasteiger partial charge on any atom is 0.330 e. The van der Waals surface area contributed by atoms with Gasteiger partial charge in [-0.3, -0.25) is 0 Å². The van der Waals surface area contributed by atoms with Crippen LogP contribution >= 0.6 is 0 Å². The summed E-state index contributed by atoms with van der Waals surface area (Å²) in [6, 6.07) is 9.60. The first-order chi connectivity index (χ1) is 9.76. The van der Waals surface area contributed by atoms with E-state index >= 15 is 0 Å². The van der Waals surface area contributed by atoms with Gasteiger partial charge in [-0.25, -0.2) is 4.79 Å². The molecule has 0 heterocycles. The molecule has 0 amide bonds. The summed E-state index contributed by atoms with van der Waals surface area (Å²) in [5.41, 5.74) is 9.35. The van der Waals surface area contributed by atoms with E-state index in [2.05, 4.69) is 10.0 Å². The lowest BCUT2D eigenvalue weighted by molar-refractivity contribution is -0.137. The monoisotopic (exact) mass is 275 g/mol. The molecular weight excluding hydrogens is 258 g/mol. The minimum atomic E-state index is -0.462. The van der Waals surface area contributed by atoms with Crippen molar-refractivity contribution < 1.29 is 14.3 Å². The van der Waals surface area contributed by atoms with Crippen molar-refractivity contribution in [2.75, 3.05) is 13.2 Å². The molecule has 0 radical (unpaired) electrons. The van der Waals surface area contributed by atoms with Crippen LogP contribution in [0.3, 0.4) is 0 Å². The van der Waals surface area contributed by atoms with Gasteiger partial charge in [0.15, 0.2) is 0 Å². The Labute approximate surface area is 117 Å². The van der Waals surface area contributed by atoms with Crippen LogP contribution in [0.15, 0.2) is 47.6 Å². The first-order valence-electron chi connectivity index (χ1n) is 6.27. The van der Waals surface area contributed by atoms with Crippen LogP contribution in [0.25, 0.3) is 10.4 Å². The molecular formula is C14H17N3O3. The summed E-state index contributed by atoms with van der Waals surface area (Å²) in [4.78, 5) is 13.9. The lowest BCUT2D eigenvalue weighted by atomic mass is 10.2. The Hall–Kier alpha value is -2.30. The fourth-order valence-electron chi connectivity index (χ4n) is 1.44. The highest BCUT2D eigenvalue weighted by atomic mass is 16.5. The van der Waals surface area contributed by atoms with E-state index in [4.69, 9.17) is 15.0 Å². The van der Waals surface area contributed by atoms with Crippen molar-refractivity contribution in [2.45, 2.75) is 19.6 Å². The van der Waals surface area contributed by atoms with Crippen LogP contribution in [0.5, 0.6) is 0 Å². The molecule has 0 saturated heterocycles. The number of benzene rings is 1. The third-order valence-electron chi connectivity index (χ3n) is 2.37. The van der Waals surface area contributed by atoms with Gasteiger partial charge in [0.25, 0.3) is 0 Å². The molecule has 0 spiro atoms. The van der Waals surface area contributed by atoms with Gasteiger partial charge in [0.2, 0.25) is 0 Å². The van der Waals surface area contributed by atoms with E-state index < -0.39 is 12.1 Å². The van der Waals surface area contributed by atoms with Crippen molar-refractivity contribution in [3.8, 4) is 0 Å². The van der Waals surface area contributed by atoms with Crippen LogP contribution < -0.4 is 0 Å². The molecule has 0 aliphatic carbocycles. The Balaban J connectivity index is 2.55. The van der Waals surface area contributed by atoms with Gasteiger partial charge in [-0.15, -0.1) is 0 Å². The minimum Gasteiger partial charge on any atom is -0.463 e. The normalized spacial score (nSPS) is 11.8. The number of nitrogens with zero attached hydrogens (tertiary/aromatic N) is 3. The molecule has 6 nitrogen and oxygen atoms in total. The molecule has 0 bridgehead atoms. The van der Waals surface area contributed by atoms with Gasteiger partial charge in [-0.05, 0) is 24.1 Å². The van der Waals surface area contributed by atoms with Crippen molar-refractivity contribution in [3.63, 3.8) is 0 Å². The van der Waals surface area contributed by atoms with E-state index in [1.54, 1.807) is 6.92 Å². The predicted octanol–water partition coefficient (Wildman–Crippen LogP) is 3.00. The Morgan fingerprint density at radius 2 is 2.20 bits per heavy atom. The first kappa shape index (κ1) is 15.8. The number of esters is 1. The maximum atomic E-state index is 11.2. The molecule has 0 aliphatic heterocycles.